The van der Waals surface area contributed by atoms with Crippen LogP contribution in [0.1, 0.15) is 34.6 Å². The summed E-state index contributed by atoms with van der Waals surface area (Å²) in [7, 11) is 1.27. The van der Waals surface area contributed by atoms with Gasteiger partial charge >= 0.3 is 11.7 Å². The summed E-state index contributed by atoms with van der Waals surface area (Å²) < 4.78 is 7.11. The van der Waals surface area contributed by atoms with Gasteiger partial charge in [0.25, 0.3) is 5.56 Å². The maximum atomic E-state index is 12.7. The van der Waals surface area contributed by atoms with E-state index in [1.807, 2.05) is 19.9 Å². The van der Waals surface area contributed by atoms with E-state index < -0.39 is 29.6 Å². The summed E-state index contributed by atoms with van der Waals surface area (Å²) >= 11 is 0. The number of hydrogen-bond acceptors (Lipinski definition) is 7. The fraction of sp³-hybridized carbons (Fsp3) is 0.286. The number of aromatic amines is 1. The number of anilines is 1. The topological polar surface area (TPSA) is 142 Å². The van der Waals surface area contributed by atoms with Gasteiger partial charge in [-0.3, -0.25) is 23.8 Å². The van der Waals surface area contributed by atoms with Gasteiger partial charge in [-0.1, -0.05) is 44.2 Å². The van der Waals surface area contributed by atoms with Crippen molar-refractivity contribution in [2.75, 3.05) is 12.3 Å². The van der Waals surface area contributed by atoms with Crippen molar-refractivity contribution in [2.24, 2.45) is 13.0 Å². The summed E-state index contributed by atoms with van der Waals surface area (Å²) in [5.74, 6) is -1.77. The average molecular weight is 425 g/mol. The number of carbonyl (C=O) groups is 2. The minimum atomic E-state index is -0.836. The molecule has 0 saturated heterocycles. The Morgan fingerprint density at radius 3 is 2.52 bits per heavy atom. The number of Topliss-reactive ketones (excluding diaryl/α,β-unsaturated/α-hetero) is 1. The number of esters is 1. The molecule has 3 aromatic rings. The van der Waals surface area contributed by atoms with Crippen LogP contribution in [0.15, 0.2) is 46.1 Å². The minimum Gasteiger partial charge on any atom is -0.454 e. The molecule has 2 heterocycles. The van der Waals surface area contributed by atoms with Crippen molar-refractivity contribution >= 4 is 17.6 Å². The first kappa shape index (κ1) is 21.8. The van der Waals surface area contributed by atoms with Crippen molar-refractivity contribution in [1.29, 1.82) is 0 Å². The molecule has 0 amide bonds. The molecule has 0 radical (unpaired) electrons. The Hall–Kier alpha value is -3.95. The maximum Gasteiger partial charge on any atom is 0.342 e. The summed E-state index contributed by atoms with van der Waals surface area (Å²) in [5.41, 5.74) is 5.45. The van der Waals surface area contributed by atoms with Crippen molar-refractivity contribution in [1.82, 2.24) is 19.3 Å². The van der Waals surface area contributed by atoms with E-state index in [-0.39, 0.29) is 29.4 Å². The molecule has 0 aliphatic heterocycles. The predicted molar refractivity (Wildman–Crippen MR) is 114 cm³/mol. The molecule has 31 heavy (non-hydrogen) atoms. The number of nitrogens with one attached hydrogen (secondary N) is 1. The van der Waals surface area contributed by atoms with Gasteiger partial charge in [0.15, 0.2) is 6.61 Å². The zero-order valence-corrected chi connectivity index (χ0v) is 17.4. The van der Waals surface area contributed by atoms with Crippen molar-refractivity contribution in [3.05, 3.63) is 68.5 Å². The number of ketones is 1. The van der Waals surface area contributed by atoms with Crippen LogP contribution >= 0.6 is 0 Å². The number of nitrogen functional groups attached to an aromatic ring is 1. The Kier molecular flexibility index (Phi) is 6.19. The van der Waals surface area contributed by atoms with E-state index in [2.05, 4.69) is 10.2 Å². The lowest BCUT2D eigenvalue weighted by atomic mass is 10.1. The van der Waals surface area contributed by atoms with Crippen molar-refractivity contribution < 1.29 is 14.3 Å². The maximum absolute atomic E-state index is 12.7. The van der Waals surface area contributed by atoms with Gasteiger partial charge in [0.2, 0.25) is 5.78 Å². The Morgan fingerprint density at radius 2 is 1.87 bits per heavy atom. The highest BCUT2D eigenvalue weighted by atomic mass is 16.5. The van der Waals surface area contributed by atoms with Gasteiger partial charge in [0.05, 0.1) is 11.9 Å². The molecule has 1 aromatic carbocycles. The van der Waals surface area contributed by atoms with Gasteiger partial charge in [-0.25, -0.2) is 9.59 Å². The van der Waals surface area contributed by atoms with E-state index in [1.54, 1.807) is 24.3 Å². The third kappa shape index (κ3) is 4.32. The molecule has 10 nitrogen and oxygen atoms in total. The zero-order valence-electron chi connectivity index (χ0n) is 17.4. The molecule has 0 unspecified atom stereocenters. The molecular formula is C21H23N5O5. The number of H-pyrrole nitrogens is 1. The van der Waals surface area contributed by atoms with E-state index in [1.165, 1.54) is 17.8 Å². The van der Waals surface area contributed by atoms with Crippen LogP contribution in [0.4, 0.5) is 5.82 Å². The highest BCUT2D eigenvalue weighted by Gasteiger charge is 2.24. The second kappa shape index (κ2) is 8.82. The highest BCUT2D eigenvalue weighted by molar-refractivity contribution is 6.03. The van der Waals surface area contributed by atoms with E-state index in [4.69, 9.17) is 10.5 Å². The second-order valence-corrected chi connectivity index (χ2v) is 7.44. The average Bonchev–Trinajstić information content (AvgIpc) is 3.24. The number of nitrogens with two attached hydrogens (primary N) is 1. The van der Waals surface area contributed by atoms with Crippen LogP contribution in [0.3, 0.4) is 0 Å². The number of rotatable bonds is 7. The molecule has 0 saturated carbocycles. The molecule has 2 aromatic heterocycles. The van der Waals surface area contributed by atoms with Crippen LogP contribution in [0.2, 0.25) is 0 Å². The summed E-state index contributed by atoms with van der Waals surface area (Å²) in [6.07, 6.45) is 1.30. The van der Waals surface area contributed by atoms with Crippen LogP contribution in [0.5, 0.6) is 0 Å². The van der Waals surface area contributed by atoms with E-state index >= 15 is 0 Å². The molecule has 162 valence electrons. The highest BCUT2D eigenvalue weighted by Crippen LogP contribution is 2.21. The molecule has 0 atom stereocenters. The summed E-state index contributed by atoms with van der Waals surface area (Å²) in [6, 6.07) is 9.02. The van der Waals surface area contributed by atoms with Crippen LogP contribution in [-0.2, 0) is 18.3 Å². The van der Waals surface area contributed by atoms with E-state index in [0.29, 0.717) is 5.69 Å². The van der Waals surface area contributed by atoms with Gasteiger partial charge in [-0.15, -0.1) is 0 Å². The lowest BCUT2D eigenvalue weighted by Crippen LogP contribution is -2.43. The van der Waals surface area contributed by atoms with Crippen LogP contribution in [0, 0.1) is 5.92 Å². The minimum absolute atomic E-state index is 0.0516. The summed E-state index contributed by atoms with van der Waals surface area (Å²) in [6.45, 7) is 3.26. The summed E-state index contributed by atoms with van der Waals surface area (Å²) in [5, 5.41) is 6.60. The number of carbonyl (C=O) groups excluding carboxylic acids is 2. The number of nitrogens with zero attached hydrogens (tertiary/aromatic N) is 3. The molecule has 3 rings (SSSR count). The Morgan fingerprint density at radius 1 is 1.19 bits per heavy atom. The van der Waals surface area contributed by atoms with E-state index in [9.17, 15) is 19.2 Å². The van der Waals surface area contributed by atoms with Crippen molar-refractivity contribution in [3.63, 3.8) is 0 Å². The molecule has 10 heteroatoms. The van der Waals surface area contributed by atoms with Gasteiger partial charge < -0.3 is 10.5 Å². The second-order valence-electron chi connectivity index (χ2n) is 7.44. The Bertz CT molecular complexity index is 1240. The SMILES string of the molecule is CC(C)Cn1c(N)c(C(=O)COC(=O)c2cn[nH]c2-c2ccccc2)c(=O)n(C)c1=O. The van der Waals surface area contributed by atoms with Gasteiger partial charge in [-0.2, -0.15) is 5.10 Å². The molecule has 3 N–H and O–H groups in total. The summed E-state index contributed by atoms with van der Waals surface area (Å²) in [4.78, 5) is 50.1. The third-order valence-corrected chi connectivity index (χ3v) is 4.67. The Balaban J connectivity index is 1.85. The van der Waals surface area contributed by atoms with Crippen LogP contribution in [-0.4, -0.2) is 37.7 Å². The predicted octanol–water partition coefficient (Wildman–Crippen LogP) is 1.21. The molecule has 0 aliphatic carbocycles. The fourth-order valence-electron chi connectivity index (χ4n) is 3.13. The van der Waals surface area contributed by atoms with Crippen molar-refractivity contribution in [3.8, 4) is 11.3 Å². The monoisotopic (exact) mass is 425 g/mol. The first-order chi connectivity index (χ1) is 14.7. The first-order valence-electron chi connectivity index (χ1n) is 9.60. The van der Waals surface area contributed by atoms with Gasteiger partial charge in [0, 0.05) is 19.2 Å². The molecule has 0 aliphatic rings. The Labute approximate surface area is 177 Å². The molecular weight excluding hydrogens is 402 g/mol. The number of hydrogen-bond donors (Lipinski definition) is 2. The zero-order chi connectivity index (χ0) is 22.7. The fourth-order valence-corrected chi connectivity index (χ4v) is 3.13. The third-order valence-electron chi connectivity index (χ3n) is 4.67. The lowest BCUT2D eigenvalue weighted by molar-refractivity contribution is 0.0475. The smallest absolute Gasteiger partial charge is 0.342 e. The molecule has 0 bridgehead atoms. The standard InChI is InChI=1S/C21H23N5O5/c1-12(2)10-26-18(22)16(19(28)25(3)21(26)30)15(27)11-31-20(29)14-9-23-24-17(14)13-7-5-4-6-8-13/h4-9,12H,10-11,22H2,1-3H3,(H,23,24). The lowest BCUT2D eigenvalue weighted by Gasteiger charge is -2.16. The number of ether oxygens (including phenoxy) is 1. The molecule has 0 fully saturated rings. The normalized spacial score (nSPS) is 11.0. The number of aromatic nitrogens is 4. The largest absolute Gasteiger partial charge is 0.454 e. The molecule has 0 spiro atoms. The first-order valence-corrected chi connectivity index (χ1v) is 9.60. The quantitative estimate of drug-likeness (QED) is 0.428. The number of benzene rings is 1. The van der Waals surface area contributed by atoms with Crippen LogP contribution < -0.4 is 17.0 Å². The van der Waals surface area contributed by atoms with Gasteiger partial charge in [0.1, 0.15) is 16.9 Å². The van der Waals surface area contributed by atoms with E-state index in [0.717, 1.165) is 10.1 Å². The van der Waals surface area contributed by atoms with Crippen LogP contribution in [0.25, 0.3) is 11.3 Å². The van der Waals surface area contributed by atoms with Crippen molar-refractivity contribution in [2.45, 2.75) is 20.4 Å². The van der Waals surface area contributed by atoms with Gasteiger partial charge in [-0.05, 0) is 5.92 Å².